The molecule has 1 aromatic rings. The van der Waals surface area contributed by atoms with Crippen LogP contribution in [0.3, 0.4) is 0 Å². The highest BCUT2D eigenvalue weighted by atomic mass is 127. The zero-order chi connectivity index (χ0) is 16.4. The number of ether oxygens (including phenoxy) is 3. The van der Waals surface area contributed by atoms with Gasteiger partial charge in [-0.1, -0.05) is 0 Å². The summed E-state index contributed by atoms with van der Waals surface area (Å²) in [5, 5.41) is 3.08. The van der Waals surface area contributed by atoms with Gasteiger partial charge in [-0.2, -0.15) is 0 Å². The van der Waals surface area contributed by atoms with E-state index in [1.807, 2.05) is 0 Å². The van der Waals surface area contributed by atoms with Gasteiger partial charge in [-0.15, -0.1) is 0 Å². The number of halogens is 1. The minimum absolute atomic E-state index is 0.153. The number of anilines is 1. The number of piperazine rings is 1. The first-order valence-electron chi connectivity index (χ1n) is 6.86. The standard InChI is InChI=1S/C14H14IN3O5/c1-21-10-6-9(7-17-13(10)15)18-5-4-16-8-14(18)22-11(19)2-3-12(20)23-14/h2-3,6-7,16H,4-5,8H2,1H3. The summed E-state index contributed by atoms with van der Waals surface area (Å²) < 4.78 is 16.8. The summed E-state index contributed by atoms with van der Waals surface area (Å²) in [6.45, 7) is 1.25. The first-order chi connectivity index (χ1) is 11.0. The molecule has 1 fully saturated rings. The van der Waals surface area contributed by atoms with Gasteiger partial charge in [0.2, 0.25) is 0 Å². The molecule has 0 saturated carbocycles. The SMILES string of the molecule is COc1cc(N2CCNCC23OC(=O)C=CC(=O)O3)cnc1I. The Labute approximate surface area is 145 Å². The zero-order valence-electron chi connectivity index (χ0n) is 12.2. The quantitative estimate of drug-likeness (QED) is 0.410. The third-order valence-electron chi connectivity index (χ3n) is 3.47. The van der Waals surface area contributed by atoms with Gasteiger partial charge in [0.05, 0.1) is 25.5 Å². The molecule has 2 aliphatic heterocycles. The highest BCUT2D eigenvalue weighted by molar-refractivity contribution is 14.1. The van der Waals surface area contributed by atoms with E-state index < -0.39 is 17.8 Å². The normalized spacial score (nSPS) is 20.0. The van der Waals surface area contributed by atoms with Crippen LogP contribution in [-0.4, -0.2) is 49.6 Å². The Bertz CT molecular complexity index is 658. The van der Waals surface area contributed by atoms with E-state index >= 15 is 0 Å². The van der Waals surface area contributed by atoms with Gasteiger partial charge >= 0.3 is 17.8 Å². The molecule has 0 aromatic carbocycles. The molecule has 2 aliphatic rings. The van der Waals surface area contributed by atoms with Crippen molar-refractivity contribution in [2.24, 2.45) is 0 Å². The number of methoxy groups -OCH3 is 1. The Morgan fingerprint density at radius 1 is 1.35 bits per heavy atom. The number of nitrogens with one attached hydrogen (secondary N) is 1. The Hall–Kier alpha value is -1.88. The summed E-state index contributed by atoms with van der Waals surface area (Å²) in [5.41, 5.74) is 0.631. The number of pyridine rings is 1. The Morgan fingerprint density at radius 2 is 2.04 bits per heavy atom. The highest BCUT2D eigenvalue weighted by Crippen LogP contribution is 2.32. The van der Waals surface area contributed by atoms with Crippen LogP contribution in [0.15, 0.2) is 24.4 Å². The van der Waals surface area contributed by atoms with Crippen LogP contribution in [0.2, 0.25) is 0 Å². The van der Waals surface area contributed by atoms with Crippen molar-refractivity contribution in [1.82, 2.24) is 10.3 Å². The van der Waals surface area contributed by atoms with Crippen LogP contribution in [0.5, 0.6) is 5.75 Å². The van der Waals surface area contributed by atoms with E-state index in [1.165, 1.54) is 0 Å². The fourth-order valence-electron chi connectivity index (χ4n) is 2.46. The topological polar surface area (TPSA) is 90.0 Å². The van der Waals surface area contributed by atoms with E-state index in [9.17, 15) is 9.59 Å². The van der Waals surface area contributed by atoms with Crippen molar-refractivity contribution in [3.63, 3.8) is 0 Å². The predicted octanol–water partition coefficient (Wildman–Crippen LogP) is 0.414. The molecule has 0 radical (unpaired) electrons. The molecular weight excluding hydrogens is 417 g/mol. The number of rotatable bonds is 2. The monoisotopic (exact) mass is 431 g/mol. The molecule has 1 N–H and O–H groups in total. The molecule has 0 bridgehead atoms. The maximum absolute atomic E-state index is 11.8. The smallest absolute Gasteiger partial charge is 0.356 e. The van der Waals surface area contributed by atoms with Gasteiger partial charge in [0.15, 0.2) is 5.75 Å². The Morgan fingerprint density at radius 3 is 2.70 bits per heavy atom. The van der Waals surface area contributed by atoms with Crippen LogP contribution in [0, 0.1) is 3.70 Å². The van der Waals surface area contributed by atoms with Crippen molar-refractivity contribution in [3.8, 4) is 5.75 Å². The Kier molecular flexibility index (Phi) is 4.39. The average molecular weight is 431 g/mol. The number of carbonyl (C=O) groups excluding carboxylic acids is 2. The van der Waals surface area contributed by atoms with Crippen LogP contribution in [-0.2, 0) is 19.1 Å². The number of aromatic nitrogens is 1. The summed E-state index contributed by atoms with van der Waals surface area (Å²) in [6, 6.07) is 1.77. The van der Waals surface area contributed by atoms with Crippen molar-refractivity contribution < 1.29 is 23.8 Å². The minimum Gasteiger partial charge on any atom is -0.494 e. The Balaban J connectivity index is 2.01. The molecule has 1 aromatic heterocycles. The second kappa shape index (κ2) is 6.32. The maximum atomic E-state index is 11.8. The highest BCUT2D eigenvalue weighted by Gasteiger charge is 2.48. The van der Waals surface area contributed by atoms with E-state index in [0.717, 1.165) is 12.2 Å². The van der Waals surface area contributed by atoms with Crippen LogP contribution in [0.1, 0.15) is 0 Å². The molecule has 122 valence electrons. The van der Waals surface area contributed by atoms with E-state index in [0.29, 0.717) is 28.2 Å². The van der Waals surface area contributed by atoms with Gasteiger partial charge in [0.1, 0.15) is 3.70 Å². The van der Waals surface area contributed by atoms with Gasteiger partial charge in [-0.05, 0) is 22.6 Å². The molecular formula is C14H14IN3O5. The van der Waals surface area contributed by atoms with Gasteiger partial charge in [0, 0.05) is 31.3 Å². The fraction of sp³-hybridized carbons (Fsp3) is 0.357. The molecule has 0 aliphatic carbocycles. The molecule has 1 saturated heterocycles. The van der Waals surface area contributed by atoms with Crippen molar-refractivity contribution in [3.05, 3.63) is 28.1 Å². The third-order valence-corrected chi connectivity index (χ3v) is 4.28. The van der Waals surface area contributed by atoms with E-state index in [1.54, 1.807) is 24.3 Å². The summed E-state index contributed by atoms with van der Waals surface area (Å²) >= 11 is 2.06. The molecule has 0 unspecified atom stereocenters. The lowest BCUT2D eigenvalue weighted by Crippen LogP contribution is -2.65. The number of hydrogen-bond donors (Lipinski definition) is 1. The predicted molar refractivity (Wildman–Crippen MR) is 87.8 cm³/mol. The second-order valence-electron chi connectivity index (χ2n) is 4.90. The number of nitrogens with zero attached hydrogens (tertiary/aromatic N) is 2. The molecule has 3 rings (SSSR count). The summed E-state index contributed by atoms with van der Waals surface area (Å²) in [7, 11) is 1.55. The molecule has 0 atom stereocenters. The van der Waals surface area contributed by atoms with Crippen molar-refractivity contribution in [1.29, 1.82) is 0 Å². The van der Waals surface area contributed by atoms with E-state index in [-0.39, 0.29) is 6.54 Å². The zero-order valence-corrected chi connectivity index (χ0v) is 14.4. The molecule has 23 heavy (non-hydrogen) atoms. The lowest BCUT2D eigenvalue weighted by Gasteiger charge is -2.44. The van der Waals surface area contributed by atoms with Gasteiger partial charge in [-0.25, -0.2) is 14.6 Å². The van der Waals surface area contributed by atoms with Crippen LogP contribution in [0.25, 0.3) is 0 Å². The van der Waals surface area contributed by atoms with Crippen LogP contribution < -0.4 is 15.0 Å². The lowest BCUT2D eigenvalue weighted by molar-refractivity contribution is -0.221. The molecule has 1 spiro atoms. The summed E-state index contributed by atoms with van der Waals surface area (Å²) in [6.07, 6.45) is 3.73. The molecule has 3 heterocycles. The minimum atomic E-state index is -1.55. The van der Waals surface area contributed by atoms with E-state index in [2.05, 4.69) is 32.9 Å². The van der Waals surface area contributed by atoms with Crippen molar-refractivity contribution >= 4 is 40.2 Å². The fourth-order valence-corrected chi connectivity index (χ4v) is 2.97. The second-order valence-corrected chi connectivity index (χ2v) is 5.93. The lowest BCUT2D eigenvalue weighted by atomic mass is 10.2. The van der Waals surface area contributed by atoms with Gasteiger partial charge in [0.25, 0.3) is 0 Å². The largest absolute Gasteiger partial charge is 0.494 e. The third kappa shape index (κ3) is 3.11. The van der Waals surface area contributed by atoms with E-state index in [4.69, 9.17) is 14.2 Å². The number of hydrogen-bond acceptors (Lipinski definition) is 8. The van der Waals surface area contributed by atoms with Crippen molar-refractivity contribution in [2.45, 2.75) is 5.91 Å². The first-order valence-corrected chi connectivity index (χ1v) is 7.94. The van der Waals surface area contributed by atoms with Crippen molar-refractivity contribution in [2.75, 3.05) is 31.6 Å². The number of carbonyl (C=O) groups is 2. The molecule has 9 heteroatoms. The molecule has 0 amide bonds. The molecule has 8 nitrogen and oxygen atoms in total. The maximum Gasteiger partial charge on any atom is 0.356 e. The average Bonchev–Trinajstić information content (AvgIpc) is 2.67. The first kappa shape index (κ1) is 16.0. The van der Waals surface area contributed by atoms with Crippen LogP contribution >= 0.6 is 22.6 Å². The number of esters is 2. The van der Waals surface area contributed by atoms with Crippen LogP contribution in [0.4, 0.5) is 5.69 Å². The summed E-state index contributed by atoms with van der Waals surface area (Å²) in [5.74, 6) is -2.25. The van der Waals surface area contributed by atoms with Gasteiger partial charge < -0.3 is 19.5 Å². The summed E-state index contributed by atoms with van der Waals surface area (Å²) in [4.78, 5) is 29.6. The van der Waals surface area contributed by atoms with Gasteiger partial charge in [-0.3, -0.25) is 4.90 Å².